The Labute approximate surface area is 169 Å². The predicted molar refractivity (Wildman–Crippen MR) is 100 cm³/mol. The second-order valence-electron chi connectivity index (χ2n) is 6.99. The van der Waals surface area contributed by atoms with Crippen molar-refractivity contribution in [1.29, 1.82) is 0 Å². The summed E-state index contributed by atoms with van der Waals surface area (Å²) in [7, 11) is 0. The van der Waals surface area contributed by atoms with Crippen molar-refractivity contribution >= 4 is 17.5 Å². The van der Waals surface area contributed by atoms with Crippen LogP contribution in [0.1, 0.15) is 29.8 Å². The second kappa shape index (κ2) is 8.73. The third-order valence-corrected chi connectivity index (χ3v) is 4.44. The summed E-state index contributed by atoms with van der Waals surface area (Å²) in [5, 5.41) is 0. The molecule has 4 nitrogen and oxygen atoms in total. The molecule has 0 aliphatic carbocycles. The maximum Gasteiger partial charge on any atom is 0.283 e. The van der Waals surface area contributed by atoms with Gasteiger partial charge in [-0.05, 0) is 12.0 Å². The van der Waals surface area contributed by atoms with Gasteiger partial charge in [0.25, 0.3) is 5.91 Å². The molecule has 1 aliphatic rings. The summed E-state index contributed by atoms with van der Waals surface area (Å²) in [5.74, 6) is -13.3. The van der Waals surface area contributed by atoms with Crippen LogP contribution in [-0.4, -0.2) is 30.2 Å². The molecule has 0 saturated heterocycles. The van der Waals surface area contributed by atoms with Gasteiger partial charge in [0.05, 0.1) is 6.04 Å². The minimum Gasteiger partial charge on any atom is -0.474 e. The minimum absolute atomic E-state index is 0.00292. The third kappa shape index (κ3) is 4.24. The highest BCUT2D eigenvalue weighted by atomic mass is 19.2. The standard InChI is InChI=1S/C21H17F5N2O2/c1-10(2)19(21-27-12(9-30-21)8-11-6-4-3-5-7-11)28-20(29)13-14(22)16(24)18(26)17(25)15(13)23/h3-7,10,12H,8-9H2,1-2H3/t12-/m0/s1. The SMILES string of the molecule is CC(C)C(=NC(=O)c1c(F)c(F)c(F)c(F)c1F)C1=N[C@@H](Cc2ccccc2)CO1. The lowest BCUT2D eigenvalue weighted by Gasteiger charge is -2.10. The summed E-state index contributed by atoms with van der Waals surface area (Å²) in [5.41, 5.74) is -0.653. The number of halogens is 5. The first-order valence-corrected chi connectivity index (χ1v) is 9.09. The summed E-state index contributed by atoms with van der Waals surface area (Å²) in [6.07, 6.45) is 0.557. The van der Waals surface area contributed by atoms with Crippen LogP contribution in [-0.2, 0) is 11.2 Å². The molecule has 0 unspecified atom stereocenters. The van der Waals surface area contributed by atoms with E-state index in [1.54, 1.807) is 13.8 Å². The van der Waals surface area contributed by atoms with E-state index in [1.165, 1.54) is 0 Å². The summed E-state index contributed by atoms with van der Waals surface area (Å²) >= 11 is 0. The lowest BCUT2D eigenvalue weighted by Crippen LogP contribution is -2.23. The van der Waals surface area contributed by atoms with E-state index in [-0.39, 0.29) is 24.3 Å². The summed E-state index contributed by atoms with van der Waals surface area (Å²) < 4.78 is 73.3. The molecule has 1 amide bonds. The molecule has 2 aromatic rings. The van der Waals surface area contributed by atoms with Gasteiger partial charge in [-0.2, -0.15) is 0 Å². The van der Waals surface area contributed by atoms with Crippen molar-refractivity contribution in [2.75, 3.05) is 6.61 Å². The monoisotopic (exact) mass is 424 g/mol. The number of benzene rings is 2. The van der Waals surface area contributed by atoms with Crippen molar-refractivity contribution in [1.82, 2.24) is 0 Å². The molecule has 0 N–H and O–H groups in total. The summed E-state index contributed by atoms with van der Waals surface area (Å²) in [6, 6.07) is 9.18. The fraction of sp³-hybridized carbons (Fsp3) is 0.286. The number of rotatable bonds is 5. The number of ether oxygens (including phenoxy) is 1. The van der Waals surface area contributed by atoms with E-state index in [0.29, 0.717) is 6.42 Å². The molecule has 0 fully saturated rings. The largest absolute Gasteiger partial charge is 0.474 e. The number of hydrogen-bond acceptors (Lipinski definition) is 3. The van der Waals surface area contributed by atoms with Gasteiger partial charge in [-0.1, -0.05) is 44.2 Å². The van der Waals surface area contributed by atoms with Crippen molar-refractivity contribution in [2.45, 2.75) is 26.3 Å². The van der Waals surface area contributed by atoms with Gasteiger partial charge in [0.15, 0.2) is 23.3 Å². The molecule has 1 aliphatic heterocycles. The lowest BCUT2D eigenvalue weighted by atomic mass is 10.1. The topological polar surface area (TPSA) is 51.0 Å². The Balaban J connectivity index is 1.92. The first-order valence-electron chi connectivity index (χ1n) is 9.09. The molecule has 0 saturated carbocycles. The Morgan fingerprint density at radius 2 is 1.60 bits per heavy atom. The Kier molecular flexibility index (Phi) is 6.28. The highest BCUT2D eigenvalue weighted by Crippen LogP contribution is 2.24. The van der Waals surface area contributed by atoms with Gasteiger partial charge >= 0.3 is 0 Å². The van der Waals surface area contributed by atoms with Crippen molar-refractivity contribution in [3.05, 3.63) is 70.5 Å². The molecule has 2 aromatic carbocycles. The van der Waals surface area contributed by atoms with E-state index in [9.17, 15) is 26.7 Å². The quantitative estimate of drug-likeness (QED) is 0.303. The normalized spacial score (nSPS) is 16.6. The summed E-state index contributed by atoms with van der Waals surface area (Å²) in [6.45, 7) is 3.45. The Bertz CT molecular complexity index is 1010. The smallest absolute Gasteiger partial charge is 0.283 e. The van der Waals surface area contributed by atoms with Gasteiger partial charge in [0.1, 0.15) is 17.9 Å². The van der Waals surface area contributed by atoms with Crippen LogP contribution in [0.25, 0.3) is 0 Å². The highest BCUT2D eigenvalue weighted by Gasteiger charge is 2.31. The van der Waals surface area contributed by atoms with Crippen molar-refractivity contribution in [3.63, 3.8) is 0 Å². The van der Waals surface area contributed by atoms with Crippen LogP contribution in [0.15, 0.2) is 40.3 Å². The van der Waals surface area contributed by atoms with Crippen LogP contribution in [0.4, 0.5) is 22.0 Å². The van der Waals surface area contributed by atoms with Crippen LogP contribution >= 0.6 is 0 Å². The maximum absolute atomic E-state index is 13.9. The summed E-state index contributed by atoms with van der Waals surface area (Å²) in [4.78, 5) is 20.3. The first kappa shape index (κ1) is 21.6. The van der Waals surface area contributed by atoms with Gasteiger partial charge < -0.3 is 4.74 Å². The average Bonchev–Trinajstić information content (AvgIpc) is 3.17. The molecule has 0 bridgehead atoms. The molecule has 158 valence electrons. The van der Waals surface area contributed by atoms with Crippen LogP contribution in [0.3, 0.4) is 0 Å². The number of nitrogens with zero attached hydrogens (tertiary/aromatic N) is 2. The Hall–Kier alpha value is -3.10. The van der Waals surface area contributed by atoms with Gasteiger partial charge in [-0.15, -0.1) is 0 Å². The lowest BCUT2D eigenvalue weighted by molar-refractivity contribution is 0.0991. The molecule has 9 heteroatoms. The number of carbonyl (C=O) groups excluding carboxylic acids is 1. The minimum atomic E-state index is -2.35. The fourth-order valence-electron chi connectivity index (χ4n) is 2.93. The van der Waals surface area contributed by atoms with E-state index in [2.05, 4.69) is 9.98 Å². The van der Waals surface area contributed by atoms with Gasteiger partial charge in [0.2, 0.25) is 11.7 Å². The molecule has 0 radical (unpaired) electrons. The Morgan fingerprint density at radius 1 is 1.03 bits per heavy atom. The zero-order chi connectivity index (χ0) is 22.0. The van der Waals surface area contributed by atoms with E-state index in [4.69, 9.17) is 4.74 Å². The van der Waals surface area contributed by atoms with Crippen LogP contribution < -0.4 is 0 Å². The molecule has 1 atom stereocenters. The van der Waals surface area contributed by atoms with Crippen molar-refractivity contribution < 1.29 is 31.5 Å². The second-order valence-corrected chi connectivity index (χ2v) is 6.99. The maximum atomic E-state index is 13.9. The van der Waals surface area contributed by atoms with E-state index in [0.717, 1.165) is 5.56 Å². The molecule has 3 rings (SSSR count). The highest BCUT2D eigenvalue weighted by molar-refractivity contribution is 6.41. The first-order chi connectivity index (χ1) is 14.2. The average molecular weight is 424 g/mol. The van der Waals surface area contributed by atoms with Gasteiger partial charge in [0, 0.05) is 5.92 Å². The predicted octanol–water partition coefficient (Wildman–Crippen LogP) is 4.66. The third-order valence-electron chi connectivity index (χ3n) is 4.44. The number of hydrogen-bond donors (Lipinski definition) is 0. The Morgan fingerprint density at radius 3 is 2.17 bits per heavy atom. The van der Waals surface area contributed by atoms with Crippen LogP contribution in [0.5, 0.6) is 0 Å². The van der Waals surface area contributed by atoms with E-state index in [1.807, 2.05) is 30.3 Å². The van der Waals surface area contributed by atoms with Gasteiger partial charge in [-0.3, -0.25) is 4.79 Å². The molecule has 0 aromatic heterocycles. The van der Waals surface area contributed by atoms with Crippen molar-refractivity contribution in [2.24, 2.45) is 15.9 Å². The van der Waals surface area contributed by atoms with Crippen molar-refractivity contribution in [3.8, 4) is 0 Å². The molecule has 0 spiro atoms. The molecular formula is C21H17F5N2O2. The number of carbonyl (C=O) groups is 1. The van der Waals surface area contributed by atoms with Gasteiger partial charge in [-0.25, -0.2) is 31.9 Å². The van der Waals surface area contributed by atoms with E-state index >= 15 is 0 Å². The molecular weight excluding hydrogens is 407 g/mol. The van der Waals surface area contributed by atoms with E-state index < -0.39 is 46.5 Å². The van der Waals surface area contributed by atoms with Crippen LogP contribution in [0.2, 0.25) is 0 Å². The van der Waals surface area contributed by atoms with Crippen LogP contribution in [0, 0.1) is 35.0 Å². The zero-order valence-corrected chi connectivity index (χ0v) is 16.1. The molecule has 30 heavy (non-hydrogen) atoms. The fourth-order valence-corrected chi connectivity index (χ4v) is 2.93. The number of amides is 1. The zero-order valence-electron chi connectivity index (χ0n) is 16.1. The number of aliphatic imine (C=N–C) groups is 2. The molecule has 1 heterocycles.